The van der Waals surface area contributed by atoms with Crippen molar-refractivity contribution < 1.29 is 0 Å². The van der Waals surface area contributed by atoms with Gasteiger partial charge >= 0.3 is 0 Å². The van der Waals surface area contributed by atoms with Crippen molar-refractivity contribution in [2.24, 2.45) is 0 Å². The molecular weight excluding hydrogens is 1040 g/mol. The Labute approximate surface area is 464 Å². The molecule has 0 atom stereocenters. The SMILES string of the molecule is CC1(C)c2ccccc2N(c2ccc(-n3ccc4cc5c(cc43)sc3ccccc35)cc2)c2ccccc21.CC1(C)c2ccccc2N(c2ccc(Br)cc2)c2ccccc21.c1ccc2c(c1)sc1cc3[nH]ccc3cc12. The second kappa shape index (κ2) is 18.5. The van der Waals surface area contributed by atoms with Crippen LogP contribution in [0.2, 0.25) is 0 Å². The zero-order valence-electron chi connectivity index (χ0n) is 43.1. The number of hydrogen-bond acceptors (Lipinski definition) is 4. The van der Waals surface area contributed by atoms with Gasteiger partial charge in [-0.2, -0.15) is 0 Å². The number of thiophene rings is 2. The van der Waals surface area contributed by atoms with Crippen molar-refractivity contribution in [2.75, 3.05) is 9.80 Å². The van der Waals surface area contributed by atoms with Gasteiger partial charge in [-0.25, -0.2) is 0 Å². The highest BCUT2D eigenvalue weighted by molar-refractivity contribution is 9.10. The molecule has 0 unspecified atom stereocenters. The summed E-state index contributed by atoms with van der Waals surface area (Å²) in [5.74, 6) is 0. The molecule has 10 aromatic carbocycles. The van der Waals surface area contributed by atoms with Crippen LogP contribution in [0.4, 0.5) is 34.1 Å². The van der Waals surface area contributed by atoms with E-state index in [1.165, 1.54) is 124 Å². The molecule has 2 aliphatic heterocycles. The van der Waals surface area contributed by atoms with Crippen molar-refractivity contribution in [1.29, 1.82) is 0 Å². The van der Waals surface area contributed by atoms with E-state index in [-0.39, 0.29) is 10.8 Å². The molecule has 0 radical (unpaired) electrons. The highest BCUT2D eigenvalue weighted by Gasteiger charge is 2.38. The molecular formula is C70H53BrN4S2. The molecule has 4 nitrogen and oxygen atoms in total. The molecule has 0 saturated heterocycles. The molecule has 6 heterocycles. The number of H-pyrrole nitrogens is 1. The van der Waals surface area contributed by atoms with Crippen LogP contribution in [-0.4, -0.2) is 9.55 Å². The topological polar surface area (TPSA) is 27.2 Å². The maximum absolute atomic E-state index is 3.53. The van der Waals surface area contributed by atoms with Crippen LogP contribution >= 0.6 is 38.6 Å². The van der Waals surface area contributed by atoms with Crippen LogP contribution < -0.4 is 9.80 Å². The first kappa shape index (κ1) is 47.3. The molecule has 0 amide bonds. The van der Waals surface area contributed by atoms with Crippen LogP contribution in [-0.2, 0) is 10.8 Å². The summed E-state index contributed by atoms with van der Waals surface area (Å²) in [4.78, 5) is 8.04. The highest BCUT2D eigenvalue weighted by atomic mass is 79.9. The van der Waals surface area contributed by atoms with Crippen molar-refractivity contribution in [3.63, 3.8) is 0 Å². The van der Waals surface area contributed by atoms with Crippen molar-refractivity contribution in [3.05, 3.63) is 270 Å². The molecule has 77 heavy (non-hydrogen) atoms. The van der Waals surface area contributed by atoms with Gasteiger partial charge in [0.05, 0.1) is 28.3 Å². The third kappa shape index (κ3) is 7.90. The predicted molar refractivity (Wildman–Crippen MR) is 335 cm³/mol. The second-order valence-electron chi connectivity index (χ2n) is 21.2. The number of halogens is 1. The van der Waals surface area contributed by atoms with E-state index in [2.05, 4.69) is 300 Å². The van der Waals surface area contributed by atoms with E-state index in [9.17, 15) is 0 Å². The molecule has 0 aliphatic carbocycles. The number of hydrogen-bond donors (Lipinski definition) is 1. The second-order valence-corrected chi connectivity index (χ2v) is 24.3. The van der Waals surface area contributed by atoms with E-state index in [4.69, 9.17) is 0 Å². The summed E-state index contributed by atoms with van der Waals surface area (Å²) in [6.45, 7) is 9.28. The van der Waals surface area contributed by atoms with Crippen LogP contribution in [0.1, 0.15) is 49.9 Å². The van der Waals surface area contributed by atoms with Gasteiger partial charge in [-0.1, -0.05) is 153 Å². The zero-order valence-corrected chi connectivity index (χ0v) is 46.3. The first-order chi connectivity index (χ1) is 37.6. The molecule has 0 saturated carbocycles. The van der Waals surface area contributed by atoms with Crippen molar-refractivity contribution in [1.82, 2.24) is 9.55 Å². The number of aromatic nitrogens is 2. The van der Waals surface area contributed by atoms with Gasteiger partial charge in [0.15, 0.2) is 0 Å². The third-order valence-electron chi connectivity index (χ3n) is 16.0. The zero-order chi connectivity index (χ0) is 52.0. The minimum atomic E-state index is -0.0500. The van der Waals surface area contributed by atoms with E-state index < -0.39 is 0 Å². The third-order valence-corrected chi connectivity index (χ3v) is 18.8. The van der Waals surface area contributed by atoms with Crippen LogP contribution in [0.5, 0.6) is 0 Å². The van der Waals surface area contributed by atoms with Gasteiger partial charge in [-0.05, 0) is 144 Å². The summed E-state index contributed by atoms with van der Waals surface area (Å²) >= 11 is 7.26. The summed E-state index contributed by atoms with van der Waals surface area (Å²) < 4.78 is 8.81. The van der Waals surface area contributed by atoms with Gasteiger partial charge in [0.2, 0.25) is 0 Å². The van der Waals surface area contributed by atoms with Crippen LogP contribution in [0.3, 0.4) is 0 Å². The summed E-state index contributed by atoms with van der Waals surface area (Å²) in [5.41, 5.74) is 16.4. The normalized spacial score (nSPS) is 13.9. The lowest BCUT2D eigenvalue weighted by atomic mass is 9.73. The molecule has 4 aromatic heterocycles. The van der Waals surface area contributed by atoms with Crippen LogP contribution in [0.15, 0.2) is 247 Å². The maximum atomic E-state index is 3.53. The Bertz CT molecular complexity index is 4450. The number of aromatic amines is 1. The largest absolute Gasteiger partial charge is 0.361 e. The van der Waals surface area contributed by atoms with E-state index >= 15 is 0 Å². The molecule has 372 valence electrons. The maximum Gasteiger partial charge on any atom is 0.0542 e. The molecule has 0 spiro atoms. The number of para-hydroxylation sites is 4. The molecule has 7 heteroatoms. The molecule has 0 bridgehead atoms. The van der Waals surface area contributed by atoms with E-state index in [0.29, 0.717) is 0 Å². The molecule has 14 aromatic rings. The Morgan fingerprint density at radius 3 is 1.30 bits per heavy atom. The summed E-state index contributed by atoms with van der Waals surface area (Å²) in [6.07, 6.45) is 4.19. The van der Waals surface area contributed by atoms with Gasteiger partial charge in [0.25, 0.3) is 0 Å². The van der Waals surface area contributed by atoms with Crippen molar-refractivity contribution in [2.45, 2.75) is 38.5 Å². The molecule has 0 fully saturated rings. The monoisotopic (exact) mass is 1090 g/mol. The lowest BCUT2D eigenvalue weighted by Crippen LogP contribution is -2.30. The quantitative estimate of drug-likeness (QED) is 0.191. The van der Waals surface area contributed by atoms with E-state index in [0.717, 1.165) is 4.47 Å². The average molecular weight is 1090 g/mol. The van der Waals surface area contributed by atoms with Gasteiger partial charge in [-0.3, -0.25) is 0 Å². The number of anilines is 6. The lowest BCUT2D eigenvalue weighted by Gasteiger charge is -2.42. The highest BCUT2D eigenvalue weighted by Crippen LogP contribution is 2.53. The Kier molecular flexibility index (Phi) is 11.4. The van der Waals surface area contributed by atoms with E-state index in [1.54, 1.807) is 0 Å². The fourth-order valence-corrected chi connectivity index (χ4v) is 14.6. The summed E-state index contributed by atoms with van der Waals surface area (Å²) in [5, 5.41) is 7.98. The predicted octanol–water partition coefficient (Wildman–Crippen LogP) is 21.2. The van der Waals surface area contributed by atoms with Crippen LogP contribution in [0.25, 0.3) is 67.8 Å². The summed E-state index contributed by atoms with van der Waals surface area (Å²) in [7, 11) is 0. The lowest BCUT2D eigenvalue weighted by molar-refractivity contribution is 0.632. The first-order valence-electron chi connectivity index (χ1n) is 26.3. The fraction of sp³-hybridized carbons (Fsp3) is 0.0857. The van der Waals surface area contributed by atoms with Crippen molar-refractivity contribution >= 4 is 135 Å². The Morgan fingerprint density at radius 2 is 0.792 bits per heavy atom. The fourth-order valence-electron chi connectivity index (χ4n) is 12.1. The summed E-state index contributed by atoms with van der Waals surface area (Å²) in [6, 6.07) is 83.5. The Morgan fingerprint density at radius 1 is 0.377 bits per heavy atom. The first-order valence-corrected chi connectivity index (χ1v) is 28.7. The van der Waals surface area contributed by atoms with Crippen LogP contribution in [0, 0.1) is 0 Å². The number of nitrogens with one attached hydrogen (secondary N) is 1. The van der Waals surface area contributed by atoms with Crippen molar-refractivity contribution in [3.8, 4) is 5.69 Å². The number of fused-ring (bicyclic) bond motifs is 12. The number of nitrogens with zero attached hydrogens (tertiary/aromatic N) is 3. The minimum Gasteiger partial charge on any atom is -0.361 e. The average Bonchev–Trinajstić information content (AvgIpc) is 4.40. The Hall–Kier alpha value is -8.20. The molecule has 16 rings (SSSR count). The van der Waals surface area contributed by atoms with Gasteiger partial charge < -0.3 is 19.4 Å². The molecule has 2 aliphatic rings. The smallest absolute Gasteiger partial charge is 0.0542 e. The molecule has 1 N–H and O–H groups in total. The van der Waals surface area contributed by atoms with Gasteiger partial charge in [0, 0.05) is 101 Å². The standard InChI is InChI=1S/C35H26N2S.C21H18BrN.C14H9NS/c1-35(2)28-10-4-6-12-30(28)37(31-13-7-5-11-29(31)35)25-17-15-24(16-18-25)36-20-19-23-21-27-26-9-3-8-14-33(26)38-34(27)22-32(23)36;1-21(2)17-7-3-5-9-19(17)23(16-13-11-15(22)12-14-16)20-10-6-4-8-18(20)21;1-2-4-13-10(3-1)11-7-9-5-6-15-12(9)8-14(11)16-13/h3-22H,1-2H3;3-14H,1-2H3;1-8,15H. The minimum absolute atomic E-state index is 0.000942. The van der Waals surface area contributed by atoms with Gasteiger partial charge in [-0.15, -0.1) is 22.7 Å². The van der Waals surface area contributed by atoms with Gasteiger partial charge in [0.1, 0.15) is 0 Å². The number of benzene rings is 10. The van der Waals surface area contributed by atoms with E-state index in [1.807, 2.05) is 28.9 Å². The number of rotatable bonds is 3. The Balaban J connectivity index is 0.000000117.